The van der Waals surface area contributed by atoms with E-state index in [9.17, 15) is 4.39 Å². The van der Waals surface area contributed by atoms with Crippen molar-refractivity contribution in [2.24, 2.45) is 0 Å². The Balaban J connectivity index is 1.94. The van der Waals surface area contributed by atoms with Gasteiger partial charge in [-0.3, -0.25) is 0 Å². The van der Waals surface area contributed by atoms with E-state index < -0.39 is 0 Å². The predicted octanol–water partition coefficient (Wildman–Crippen LogP) is 6.45. The number of fused-ring (bicyclic) bond motifs is 1. The van der Waals surface area contributed by atoms with Crippen molar-refractivity contribution in [3.8, 4) is 28.4 Å². The first kappa shape index (κ1) is 16.2. The van der Waals surface area contributed by atoms with E-state index >= 15 is 0 Å². The third-order valence-electron chi connectivity index (χ3n) is 4.28. The van der Waals surface area contributed by atoms with Crippen LogP contribution in [0, 0.1) is 5.82 Å². The maximum absolute atomic E-state index is 13.8. The summed E-state index contributed by atoms with van der Waals surface area (Å²) >= 11 is 0. The molecule has 0 saturated heterocycles. The lowest BCUT2D eigenvalue weighted by molar-refractivity contribution is 0.415. The first-order valence-electron chi connectivity index (χ1n) is 8.34. The average molecular weight is 344 g/mol. The van der Waals surface area contributed by atoms with E-state index in [1.807, 2.05) is 66.7 Å². The van der Waals surface area contributed by atoms with Crippen LogP contribution in [0.1, 0.15) is 0 Å². The summed E-state index contributed by atoms with van der Waals surface area (Å²) in [5.41, 5.74) is 1.61. The monoisotopic (exact) mass is 344 g/mol. The van der Waals surface area contributed by atoms with Gasteiger partial charge in [-0.15, -0.1) is 0 Å². The number of hydrogen-bond acceptors (Lipinski definition) is 2. The van der Waals surface area contributed by atoms with E-state index in [0.717, 1.165) is 33.4 Å². The van der Waals surface area contributed by atoms with Crippen LogP contribution >= 0.6 is 0 Å². The van der Waals surface area contributed by atoms with Crippen molar-refractivity contribution in [2.45, 2.75) is 0 Å². The van der Waals surface area contributed by atoms with E-state index in [0.29, 0.717) is 5.75 Å². The normalized spacial score (nSPS) is 10.7. The highest BCUT2D eigenvalue weighted by Crippen LogP contribution is 2.40. The molecule has 0 N–H and O–H groups in total. The van der Waals surface area contributed by atoms with Crippen LogP contribution in [-0.2, 0) is 0 Å². The van der Waals surface area contributed by atoms with Gasteiger partial charge >= 0.3 is 0 Å². The molecule has 0 spiro atoms. The lowest BCUT2D eigenvalue weighted by Crippen LogP contribution is -1.92. The highest BCUT2D eigenvalue weighted by atomic mass is 19.1. The third kappa shape index (κ3) is 3.11. The minimum atomic E-state index is -0.275. The molecule has 0 fully saturated rings. The van der Waals surface area contributed by atoms with Crippen LogP contribution < -0.4 is 9.47 Å². The van der Waals surface area contributed by atoms with Crippen LogP contribution in [0.4, 0.5) is 4.39 Å². The highest BCUT2D eigenvalue weighted by Gasteiger charge is 2.13. The SMILES string of the molecule is COc1ccc2c(Oc3ccccc3)c(-c3cccc(F)c3)ccc2c1. The number of rotatable bonds is 4. The molecule has 0 aliphatic heterocycles. The summed E-state index contributed by atoms with van der Waals surface area (Å²) in [6.45, 7) is 0. The van der Waals surface area contributed by atoms with Crippen molar-refractivity contribution in [1.82, 2.24) is 0 Å². The van der Waals surface area contributed by atoms with Gasteiger partial charge in [0.15, 0.2) is 0 Å². The topological polar surface area (TPSA) is 18.5 Å². The first-order valence-corrected chi connectivity index (χ1v) is 8.34. The van der Waals surface area contributed by atoms with Crippen molar-refractivity contribution >= 4 is 10.8 Å². The predicted molar refractivity (Wildman–Crippen MR) is 102 cm³/mol. The van der Waals surface area contributed by atoms with Crippen molar-refractivity contribution in [3.05, 3.63) is 90.7 Å². The molecule has 0 unspecified atom stereocenters. The molecule has 0 aliphatic rings. The summed E-state index contributed by atoms with van der Waals surface area (Å²) < 4.78 is 25.3. The van der Waals surface area contributed by atoms with Crippen molar-refractivity contribution < 1.29 is 13.9 Å². The second-order valence-corrected chi connectivity index (χ2v) is 5.95. The summed E-state index contributed by atoms with van der Waals surface area (Å²) in [7, 11) is 1.64. The quantitative estimate of drug-likeness (QED) is 0.424. The Bertz CT molecular complexity index is 1060. The number of para-hydroxylation sites is 1. The maximum atomic E-state index is 13.8. The Morgan fingerprint density at radius 3 is 2.35 bits per heavy atom. The van der Waals surface area contributed by atoms with Crippen LogP contribution in [0.25, 0.3) is 21.9 Å². The van der Waals surface area contributed by atoms with Crippen LogP contribution in [0.3, 0.4) is 0 Å². The van der Waals surface area contributed by atoms with Crippen molar-refractivity contribution in [2.75, 3.05) is 7.11 Å². The second-order valence-electron chi connectivity index (χ2n) is 5.95. The Morgan fingerprint density at radius 1 is 0.731 bits per heavy atom. The fourth-order valence-electron chi connectivity index (χ4n) is 3.01. The van der Waals surface area contributed by atoms with Crippen LogP contribution in [0.2, 0.25) is 0 Å². The van der Waals surface area contributed by atoms with Gasteiger partial charge in [0, 0.05) is 10.9 Å². The second kappa shape index (κ2) is 6.89. The van der Waals surface area contributed by atoms with Crippen LogP contribution in [-0.4, -0.2) is 7.11 Å². The Morgan fingerprint density at radius 2 is 1.58 bits per heavy atom. The van der Waals surface area contributed by atoms with Gasteiger partial charge in [-0.05, 0) is 59.5 Å². The summed E-state index contributed by atoms with van der Waals surface area (Å²) in [4.78, 5) is 0. The standard InChI is InChI=1S/C23H17FO2/c1-25-20-11-13-22-17(15-20)10-12-21(16-6-5-7-18(24)14-16)23(22)26-19-8-3-2-4-9-19/h2-15H,1H3. The molecule has 0 amide bonds. The van der Waals surface area contributed by atoms with Gasteiger partial charge in [-0.1, -0.05) is 36.4 Å². The lowest BCUT2D eigenvalue weighted by Gasteiger charge is -2.15. The molecule has 128 valence electrons. The summed E-state index contributed by atoms with van der Waals surface area (Å²) in [6.07, 6.45) is 0. The number of methoxy groups -OCH3 is 1. The average Bonchev–Trinajstić information content (AvgIpc) is 2.68. The lowest BCUT2D eigenvalue weighted by atomic mass is 9.99. The third-order valence-corrected chi connectivity index (χ3v) is 4.28. The minimum absolute atomic E-state index is 0.275. The molecule has 4 rings (SSSR count). The first-order chi connectivity index (χ1) is 12.7. The summed E-state index contributed by atoms with van der Waals surface area (Å²) in [5, 5.41) is 1.94. The molecular formula is C23H17FO2. The van der Waals surface area contributed by atoms with E-state index in [1.54, 1.807) is 13.2 Å². The van der Waals surface area contributed by atoms with Gasteiger partial charge in [-0.2, -0.15) is 0 Å². The molecule has 26 heavy (non-hydrogen) atoms. The number of ether oxygens (including phenoxy) is 2. The van der Waals surface area contributed by atoms with Gasteiger partial charge in [0.05, 0.1) is 7.11 Å². The molecule has 3 heteroatoms. The Hall–Kier alpha value is -3.33. The summed E-state index contributed by atoms with van der Waals surface area (Å²) in [5.74, 6) is 1.93. The minimum Gasteiger partial charge on any atom is -0.497 e. The largest absolute Gasteiger partial charge is 0.497 e. The fourth-order valence-corrected chi connectivity index (χ4v) is 3.01. The molecular weight excluding hydrogens is 327 g/mol. The maximum Gasteiger partial charge on any atom is 0.143 e. The number of hydrogen-bond donors (Lipinski definition) is 0. The molecule has 0 saturated carbocycles. The molecule has 0 radical (unpaired) electrons. The zero-order valence-corrected chi connectivity index (χ0v) is 14.3. The van der Waals surface area contributed by atoms with E-state index in [1.165, 1.54) is 12.1 Å². The van der Waals surface area contributed by atoms with Crippen molar-refractivity contribution in [1.29, 1.82) is 0 Å². The van der Waals surface area contributed by atoms with E-state index in [2.05, 4.69) is 0 Å². The fraction of sp³-hybridized carbons (Fsp3) is 0.0435. The Labute approximate surface area is 151 Å². The molecule has 0 heterocycles. The van der Waals surface area contributed by atoms with Gasteiger partial charge in [0.25, 0.3) is 0 Å². The molecule has 2 nitrogen and oxygen atoms in total. The van der Waals surface area contributed by atoms with Gasteiger partial charge < -0.3 is 9.47 Å². The number of halogens is 1. The number of benzene rings is 4. The molecule has 0 bridgehead atoms. The molecule has 0 aliphatic carbocycles. The van der Waals surface area contributed by atoms with Gasteiger partial charge in [0.1, 0.15) is 23.1 Å². The summed E-state index contributed by atoms with van der Waals surface area (Å²) in [6, 6.07) is 25.9. The molecule has 0 aromatic heterocycles. The molecule has 4 aromatic rings. The smallest absolute Gasteiger partial charge is 0.143 e. The van der Waals surface area contributed by atoms with E-state index in [4.69, 9.17) is 9.47 Å². The molecule has 4 aromatic carbocycles. The van der Waals surface area contributed by atoms with Gasteiger partial charge in [-0.25, -0.2) is 4.39 Å². The zero-order valence-electron chi connectivity index (χ0n) is 14.3. The van der Waals surface area contributed by atoms with Crippen molar-refractivity contribution in [3.63, 3.8) is 0 Å². The van der Waals surface area contributed by atoms with Crippen LogP contribution in [0.15, 0.2) is 84.9 Å². The highest BCUT2D eigenvalue weighted by molar-refractivity contribution is 5.96. The molecule has 0 atom stereocenters. The van der Waals surface area contributed by atoms with Crippen LogP contribution in [0.5, 0.6) is 17.2 Å². The Kier molecular flexibility index (Phi) is 4.28. The van der Waals surface area contributed by atoms with Gasteiger partial charge in [0.2, 0.25) is 0 Å². The zero-order chi connectivity index (χ0) is 17.9. The van der Waals surface area contributed by atoms with E-state index in [-0.39, 0.29) is 5.82 Å².